The van der Waals surface area contributed by atoms with Crippen molar-refractivity contribution in [1.29, 1.82) is 0 Å². The Labute approximate surface area is 100 Å². The lowest BCUT2D eigenvalue weighted by atomic mass is 10.2. The van der Waals surface area contributed by atoms with Crippen molar-refractivity contribution in [3.63, 3.8) is 0 Å². The number of benzene rings is 1. The first-order chi connectivity index (χ1) is 7.72. The molecule has 0 bridgehead atoms. The number of halogens is 1. The molecule has 1 aromatic rings. The third kappa shape index (κ3) is 5.00. The quantitative estimate of drug-likeness (QED) is 0.684. The van der Waals surface area contributed by atoms with Crippen molar-refractivity contribution in [3.05, 3.63) is 34.9 Å². The Morgan fingerprint density at radius 3 is 2.88 bits per heavy atom. The lowest BCUT2D eigenvalue weighted by Gasteiger charge is -2.07. The van der Waals surface area contributed by atoms with Crippen LogP contribution in [-0.4, -0.2) is 19.1 Å². The predicted molar refractivity (Wildman–Crippen MR) is 65.4 cm³/mol. The minimum Gasteiger partial charge on any atom is -0.338 e. The Balaban J connectivity index is 2.26. The van der Waals surface area contributed by atoms with E-state index < -0.39 is 0 Å². The fraction of sp³-hybridized carbons (Fsp3) is 0.364. The summed E-state index contributed by atoms with van der Waals surface area (Å²) in [4.78, 5) is 11.3. The highest BCUT2D eigenvalue weighted by atomic mass is 35.5. The molecule has 0 heterocycles. The Kier molecular flexibility index (Phi) is 5.67. The minimum atomic E-state index is -0.187. The number of nitrogens with two attached hydrogens (primary N) is 1. The average Bonchev–Trinajstić information content (AvgIpc) is 2.27. The second-order valence-electron chi connectivity index (χ2n) is 3.38. The van der Waals surface area contributed by atoms with E-state index in [4.69, 9.17) is 17.3 Å². The molecule has 0 radical (unpaired) electrons. The van der Waals surface area contributed by atoms with Crippen molar-refractivity contribution in [1.82, 2.24) is 10.6 Å². The summed E-state index contributed by atoms with van der Waals surface area (Å²) >= 11 is 5.82. The van der Waals surface area contributed by atoms with E-state index >= 15 is 0 Å². The number of urea groups is 1. The van der Waals surface area contributed by atoms with Gasteiger partial charge in [-0.2, -0.15) is 0 Å². The third-order valence-corrected chi connectivity index (χ3v) is 2.24. The van der Waals surface area contributed by atoms with Gasteiger partial charge in [0.2, 0.25) is 0 Å². The van der Waals surface area contributed by atoms with E-state index in [-0.39, 0.29) is 6.03 Å². The van der Waals surface area contributed by atoms with E-state index in [1.54, 1.807) is 6.07 Å². The van der Waals surface area contributed by atoms with E-state index in [1.807, 2.05) is 18.2 Å². The molecule has 1 aromatic carbocycles. The van der Waals surface area contributed by atoms with Gasteiger partial charge in [-0.25, -0.2) is 4.79 Å². The zero-order chi connectivity index (χ0) is 11.8. The van der Waals surface area contributed by atoms with Gasteiger partial charge in [-0.3, -0.25) is 0 Å². The molecule has 88 valence electrons. The van der Waals surface area contributed by atoms with Crippen LogP contribution in [0.25, 0.3) is 0 Å². The van der Waals surface area contributed by atoms with Crippen LogP contribution in [0.2, 0.25) is 5.02 Å². The van der Waals surface area contributed by atoms with E-state index in [9.17, 15) is 4.79 Å². The first-order valence-corrected chi connectivity index (χ1v) is 5.56. The number of hydrogen-bond acceptors (Lipinski definition) is 2. The maximum atomic E-state index is 11.3. The Hall–Kier alpha value is -1.26. The van der Waals surface area contributed by atoms with Crippen LogP contribution in [0.5, 0.6) is 0 Å². The number of nitrogens with one attached hydrogen (secondary N) is 2. The van der Waals surface area contributed by atoms with Gasteiger partial charge in [-0.15, -0.1) is 0 Å². The summed E-state index contributed by atoms with van der Waals surface area (Å²) in [7, 11) is 0. The van der Waals surface area contributed by atoms with E-state index in [1.165, 1.54) is 0 Å². The van der Waals surface area contributed by atoms with Gasteiger partial charge < -0.3 is 16.4 Å². The van der Waals surface area contributed by atoms with Gasteiger partial charge in [0.1, 0.15) is 0 Å². The second kappa shape index (κ2) is 7.09. The van der Waals surface area contributed by atoms with Crippen molar-refractivity contribution in [3.8, 4) is 0 Å². The topological polar surface area (TPSA) is 67.1 Å². The van der Waals surface area contributed by atoms with Crippen molar-refractivity contribution in [2.75, 3.05) is 13.1 Å². The van der Waals surface area contributed by atoms with Crippen LogP contribution < -0.4 is 16.4 Å². The lowest BCUT2D eigenvalue weighted by Crippen LogP contribution is -2.36. The molecular weight excluding hydrogens is 226 g/mol. The zero-order valence-corrected chi connectivity index (χ0v) is 9.76. The fourth-order valence-corrected chi connectivity index (χ4v) is 1.41. The molecule has 0 aliphatic rings. The van der Waals surface area contributed by atoms with Crippen LogP contribution in [-0.2, 0) is 6.54 Å². The van der Waals surface area contributed by atoms with Crippen molar-refractivity contribution < 1.29 is 4.79 Å². The summed E-state index contributed by atoms with van der Waals surface area (Å²) in [6.07, 6.45) is 0.782. The third-order valence-electron chi connectivity index (χ3n) is 2.01. The fourth-order valence-electron chi connectivity index (χ4n) is 1.20. The van der Waals surface area contributed by atoms with Crippen LogP contribution in [0.3, 0.4) is 0 Å². The van der Waals surface area contributed by atoms with Gasteiger partial charge in [0.05, 0.1) is 0 Å². The molecule has 0 atom stereocenters. The molecule has 0 aromatic heterocycles. The Bertz CT molecular complexity index is 344. The van der Waals surface area contributed by atoms with E-state index in [0.29, 0.717) is 24.7 Å². The number of carbonyl (C=O) groups excluding carboxylic acids is 1. The van der Waals surface area contributed by atoms with Gasteiger partial charge in [0, 0.05) is 18.1 Å². The predicted octanol–water partition coefficient (Wildman–Crippen LogP) is 1.49. The summed E-state index contributed by atoms with van der Waals surface area (Å²) in [5.74, 6) is 0. The minimum absolute atomic E-state index is 0.187. The number of amides is 2. The normalized spacial score (nSPS) is 9.88. The summed E-state index contributed by atoms with van der Waals surface area (Å²) in [5.41, 5.74) is 6.28. The van der Waals surface area contributed by atoms with Crippen LogP contribution in [0.15, 0.2) is 24.3 Å². The maximum Gasteiger partial charge on any atom is 0.315 e. The van der Waals surface area contributed by atoms with Gasteiger partial charge >= 0.3 is 6.03 Å². The first-order valence-electron chi connectivity index (χ1n) is 5.18. The molecule has 0 spiro atoms. The summed E-state index contributed by atoms with van der Waals surface area (Å²) in [6.45, 7) is 1.64. The highest BCUT2D eigenvalue weighted by Crippen LogP contribution is 2.09. The SMILES string of the molecule is NCCCNC(=O)NCc1cccc(Cl)c1. The van der Waals surface area contributed by atoms with Gasteiger partial charge in [-0.05, 0) is 30.7 Å². The molecule has 0 saturated carbocycles. The molecule has 0 aliphatic carbocycles. The van der Waals surface area contributed by atoms with Crippen molar-refractivity contribution >= 4 is 17.6 Å². The number of carbonyl (C=O) groups is 1. The monoisotopic (exact) mass is 241 g/mol. The lowest BCUT2D eigenvalue weighted by molar-refractivity contribution is 0.240. The van der Waals surface area contributed by atoms with Gasteiger partial charge in [0.25, 0.3) is 0 Å². The van der Waals surface area contributed by atoms with Crippen molar-refractivity contribution in [2.45, 2.75) is 13.0 Å². The molecule has 4 nitrogen and oxygen atoms in total. The molecule has 0 fully saturated rings. The van der Waals surface area contributed by atoms with Crippen LogP contribution in [0, 0.1) is 0 Å². The van der Waals surface area contributed by atoms with Gasteiger partial charge in [0.15, 0.2) is 0 Å². The highest BCUT2D eigenvalue weighted by Gasteiger charge is 1.99. The second-order valence-corrected chi connectivity index (χ2v) is 3.82. The summed E-state index contributed by atoms with van der Waals surface area (Å²) in [6, 6.07) is 7.19. The van der Waals surface area contributed by atoms with E-state index in [0.717, 1.165) is 12.0 Å². The average molecular weight is 242 g/mol. The van der Waals surface area contributed by atoms with Gasteiger partial charge in [-0.1, -0.05) is 23.7 Å². The van der Waals surface area contributed by atoms with Crippen LogP contribution in [0.1, 0.15) is 12.0 Å². The smallest absolute Gasteiger partial charge is 0.315 e. The molecular formula is C11H16ClN3O. The molecule has 0 unspecified atom stereocenters. The molecule has 2 amide bonds. The largest absolute Gasteiger partial charge is 0.338 e. The number of hydrogen-bond donors (Lipinski definition) is 3. The standard InChI is InChI=1S/C11H16ClN3O/c12-10-4-1-3-9(7-10)8-15-11(16)14-6-2-5-13/h1,3-4,7H,2,5-6,8,13H2,(H2,14,15,16). The Morgan fingerprint density at radius 1 is 1.38 bits per heavy atom. The van der Waals surface area contributed by atoms with Crippen molar-refractivity contribution in [2.24, 2.45) is 5.73 Å². The van der Waals surface area contributed by atoms with Crippen LogP contribution >= 0.6 is 11.6 Å². The Morgan fingerprint density at radius 2 is 2.19 bits per heavy atom. The first kappa shape index (κ1) is 12.8. The molecule has 5 heteroatoms. The number of rotatable bonds is 5. The summed E-state index contributed by atoms with van der Waals surface area (Å²) in [5, 5.41) is 6.11. The maximum absolute atomic E-state index is 11.3. The highest BCUT2D eigenvalue weighted by molar-refractivity contribution is 6.30. The zero-order valence-electron chi connectivity index (χ0n) is 9.00. The van der Waals surface area contributed by atoms with E-state index in [2.05, 4.69) is 10.6 Å². The molecule has 16 heavy (non-hydrogen) atoms. The molecule has 1 rings (SSSR count). The molecule has 0 aliphatic heterocycles. The summed E-state index contributed by atoms with van der Waals surface area (Å²) < 4.78 is 0. The van der Waals surface area contributed by atoms with Crippen LogP contribution in [0.4, 0.5) is 4.79 Å². The molecule has 4 N–H and O–H groups in total. The molecule has 0 saturated heterocycles.